The number of hydrogen-bond acceptors (Lipinski definition) is 4. The van der Waals surface area contributed by atoms with Crippen LogP contribution in [0, 0.1) is 0 Å². The second-order valence-electron chi connectivity index (χ2n) is 6.19. The lowest BCUT2D eigenvalue weighted by atomic mass is 10.2. The summed E-state index contributed by atoms with van der Waals surface area (Å²) in [6.07, 6.45) is 1.54. The van der Waals surface area contributed by atoms with E-state index in [1.165, 1.54) is 0 Å². The topological polar surface area (TPSA) is 70.1 Å². The molecule has 0 aromatic carbocycles. The molecule has 1 atom stereocenters. The molecule has 0 saturated carbocycles. The van der Waals surface area contributed by atoms with E-state index >= 15 is 0 Å². The van der Waals surface area contributed by atoms with Gasteiger partial charge in [0.1, 0.15) is 5.60 Å². The molecule has 0 aliphatic carbocycles. The van der Waals surface area contributed by atoms with Gasteiger partial charge in [-0.05, 0) is 40.2 Å². The van der Waals surface area contributed by atoms with Gasteiger partial charge in [0.05, 0.1) is 6.54 Å². The fourth-order valence-electron chi connectivity index (χ4n) is 2.38. The lowest BCUT2D eigenvalue weighted by Crippen LogP contribution is -2.46. The zero-order valence-corrected chi connectivity index (χ0v) is 12.9. The Morgan fingerprint density at radius 2 is 2.05 bits per heavy atom. The molecule has 20 heavy (non-hydrogen) atoms. The largest absolute Gasteiger partial charge is 0.480 e. The highest BCUT2D eigenvalue weighted by Gasteiger charge is 2.33. The van der Waals surface area contributed by atoms with Gasteiger partial charge >= 0.3 is 12.1 Å². The quantitative estimate of drug-likeness (QED) is 0.834. The van der Waals surface area contributed by atoms with E-state index in [1.807, 2.05) is 32.6 Å². The van der Waals surface area contributed by atoms with Crippen LogP contribution in [0.3, 0.4) is 0 Å². The van der Waals surface area contributed by atoms with Crippen LogP contribution in [0.15, 0.2) is 0 Å². The van der Waals surface area contributed by atoms with E-state index in [2.05, 4.69) is 0 Å². The number of carboxylic acids is 1. The molecule has 0 spiro atoms. The Hall–Kier alpha value is -1.30. The van der Waals surface area contributed by atoms with E-state index in [4.69, 9.17) is 9.84 Å². The van der Waals surface area contributed by atoms with Gasteiger partial charge in [0, 0.05) is 19.1 Å². The van der Waals surface area contributed by atoms with Crippen molar-refractivity contribution in [2.24, 2.45) is 0 Å². The Morgan fingerprint density at radius 1 is 1.40 bits per heavy atom. The Kier molecular flexibility index (Phi) is 5.80. The lowest BCUT2D eigenvalue weighted by Gasteiger charge is -2.31. The van der Waals surface area contributed by atoms with E-state index in [-0.39, 0.29) is 18.7 Å². The number of nitrogens with zero attached hydrogens (tertiary/aromatic N) is 2. The molecule has 1 saturated heterocycles. The van der Waals surface area contributed by atoms with Gasteiger partial charge in [-0.15, -0.1) is 0 Å². The van der Waals surface area contributed by atoms with Crippen molar-refractivity contribution in [1.29, 1.82) is 0 Å². The Morgan fingerprint density at radius 3 is 2.55 bits per heavy atom. The summed E-state index contributed by atoms with van der Waals surface area (Å²) in [5.41, 5.74) is -0.504. The van der Waals surface area contributed by atoms with Crippen LogP contribution in [0.4, 0.5) is 4.79 Å². The molecule has 0 bridgehead atoms. The summed E-state index contributed by atoms with van der Waals surface area (Å²) in [7, 11) is 0. The van der Waals surface area contributed by atoms with Crippen molar-refractivity contribution in [2.45, 2.75) is 52.2 Å². The van der Waals surface area contributed by atoms with Gasteiger partial charge < -0.3 is 14.7 Å². The molecule has 6 heteroatoms. The minimum Gasteiger partial charge on any atom is -0.480 e. The molecule has 0 radical (unpaired) electrons. The number of carbonyl (C=O) groups excluding carboxylic acids is 1. The number of carbonyl (C=O) groups is 2. The molecular weight excluding hydrogens is 260 g/mol. The van der Waals surface area contributed by atoms with E-state index in [0.717, 1.165) is 12.8 Å². The minimum atomic E-state index is -0.839. The molecule has 1 heterocycles. The van der Waals surface area contributed by atoms with Gasteiger partial charge in [-0.25, -0.2) is 4.79 Å². The maximum Gasteiger partial charge on any atom is 0.410 e. The van der Waals surface area contributed by atoms with Crippen LogP contribution in [0.5, 0.6) is 0 Å². The monoisotopic (exact) mass is 286 g/mol. The van der Waals surface area contributed by atoms with Crippen molar-refractivity contribution in [3.63, 3.8) is 0 Å². The normalized spacial score (nSPS) is 19.4. The van der Waals surface area contributed by atoms with Crippen LogP contribution in [0.25, 0.3) is 0 Å². The summed E-state index contributed by atoms with van der Waals surface area (Å²) in [4.78, 5) is 26.5. The highest BCUT2D eigenvalue weighted by molar-refractivity contribution is 5.69. The van der Waals surface area contributed by atoms with Crippen molar-refractivity contribution in [2.75, 3.05) is 26.2 Å². The number of likely N-dealkylation sites (N-methyl/N-ethyl adjacent to an activating group) is 1. The molecule has 1 aliphatic rings. The first kappa shape index (κ1) is 16.8. The SMILES string of the molecule is CCN(CC(=O)O)CC1CCCN1C(=O)OC(C)(C)C. The molecule has 1 N–H and O–H groups in total. The number of aliphatic carboxylic acids is 1. The zero-order chi connectivity index (χ0) is 15.3. The Labute approximate surface area is 120 Å². The smallest absolute Gasteiger partial charge is 0.410 e. The predicted octanol–water partition coefficient (Wildman–Crippen LogP) is 1.79. The van der Waals surface area contributed by atoms with Gasteiger partial charge in [0.15, 0.2) is 0 Å². The van der Waals surface area contributed by atoms with E-state index in [1.54, 1.807) is 4.90 Å². The van der Waals surface area contributed by atoms with Crippen LogP contribution in [0.2, 0.25) is 0 Å². The molecule has 0 aromatic rings. The molecule has 1 aliphatic heterocycles. The van der Waals surface area contributed by atoms with Crippen molar-refractivity contribution >= 4 is 12.1 Å². The number of hydrogen-bond donors (Lipinski definition) is 1. The first-order valence-corrected chi connectivity index (χ1v) is 7.16. The fourth-order valence-corrected chi connectivity index (χ4v) is 2.38. The third-order valence-corrected chi connectivity index (χ3v) is 3.28. The van der Waals surface area contributed by atoms with Crippen LogP contribution in [0.1, 0.15) is 40.5 Å². The van der Waals surface area contributed by atoms with E-state index < -0.39 is 11.6 Å². The number of ether oxygens (including phenoxy) is 1. The van der Waals surface area contributed by atoms with E-state index in [0.29, 0.717) is 19.6 Å². The molecule has 6 nitrogen and oxygen atoms in total. The summed E-state index contributed by atoms with van der Waals surface area (Å²) in [6.45, 7) is 9.40. The molecule has 1 rings (SSSR count). The molecule has 1 fully saturated rings. The summed E-state index contributed by atoms with van der Waals surface area (Å²) in [5.74, 6) is -0.839. The van der Waals surface area contributed by atoms with Crippen molar-refractivity contribution in [1.82, 2.24) is 9.80 Å². The number of amides is 1. The van der Waals surface area contributed by atoms with E-state index in [9.17, 15) is 9.59 Å². The summed E-state index contributed by atoms with van der Waals surface area (Å²) in [6, 6.07) is 0.0455. The predicted molar refractivity (Wildman–Crippen MR) is 75.7 cm³/mol. The van der Waals surface area contributed by atoms with Gasteiger partial charge in [0.2, 0.25) is 0 Å². The third-order valence-electron chi connectivity index (χ3n) is 3.28. The average molecular weight is 286 g/mol. The first-order chi connectivity index (χ1) is 9.23. The average Bonchev–Trinajstić information content (AvgIpc) is 2.73. The van der Waals surface area contributed by atoms with Gasteiger partial charge in [-0.1, -0.05) is 6.92 Å². The van der Waals surface area contributed by atoms with Crippen molar-refractivity contribution < 1.29 is 19.4 Å². The van der Waals surface area contributed by atoms with Crippen LogP contribution in [-0.2, 0) is 9.53 Å². The Balaban J connectivity index is 2.60. The summed E-state index contributed by atoms with van der Waals surface area (Å²) < 4.78 is 5.40. The van der Waals surface area contributed by atoms with Crippen LogP contribution >= 0.6 is 0 Å². The molecular formula is C14H26N2O4. The zero-order valence-electron chi connectivity index (χ0n) is 12.9. The number of rotatable bonds is 5. The third kappa shape index (κ3) is 5.36. The number of carboxylic acid groups (broad SMARTS) is 1. The Bertz CT molecular complexity index is 352. The maximum absolute atomic E-state index is 12.1. The lowest BCUT2D eigenvalue weighted by molar-refractivity contribution is -0.138. The molecule has 1 unspecified atom stereocenters. The highest BCUT2D eigenvalue weighted by Crippen LogP contribution is 2.21. The molecule has 0 aromatic heterocycles. The number of likely N-dealkylation sites (tertiary alicyclic amines) is 1. The van der Waals surface area contributed by atoms with Crippen LogP contribution in [-0.4, -0.2) is 64.8 Å². The highest BCUT2D eigenvalue weighted by atomic mass is 16.6. The maximum atomic E-state index is 12.1. The first-order valence-electron chi connectivity index (χ1n) is 7.16. The summed E-state index contributed by atoms with van der Waals surface area (Å²) in [5, 5.41) is 8.87. The van der Waals surface area contributed by atoms with Gasteiger partial charge in [-0.2, -0.15) is 0 Å². The van der Waals surface area contributed by atoms with Gasteiger partial charge in [-0.3, -0.25) is 9.69 Å². The summed E-state index contributed by atoms with van der Waals surface area (Å²) >= 11 is 0. The van der Waals surface area contributed by atoms with Crippen molar-refractivity contribution in [3.8, 4) is 0 Å². The molecule has 116 valence electrons. The van der Waals surface area contributed by atoms with Gasteiger partial charge in [0.25, 0.3) is 0 Å². The second kappa shape index (κ2) is 6.92. The van der Waals surface area contributed by atoms with Crippen molar-refractivity contribution in [3.05, 3.63) is 0 Å². The molecule has 1 amide bonds. The van der Waals surface area contributed by atoms with Crippen LogP contribution < -0.4 is 0 Å². The standard InChI is InChI=1S/C14H26N2O4/c1-5-15(10-12(17)18)9-11-7-6-8-16(11)13(19)20-14(2,3)4/h11H,5-10H2,1-4H3,(H,17,18). The second-order valence-corrected chi connectivity index (χ2v) is 6.19. The fraction of sp³-hybridized carbons (Fsp3) is 0.857. The minimum absolute atomic E-state index is 0.00909.